The SMILES string of the molecule is CSc1ccc(CC(O)c2ccc(F)nc2)cc1. The van der Waals surface area contributed by atoms with Gasteiger partial charge in [0.25, 0.3) is 0 Å². The van der Waals surface area contributed by atoms with Crippen LogP contribution in [0.1, 0.15) is 17.2 Å². The first-order valence-corrected chi connectivity index (χ1v) is 6.84. The fourth-order valence-electron chi connectivity index (χ4n) is 1.69. The molecule has 1 atom stereocenters. The average molecular weight is 263 g/mol. The minimum Gasteiger partial charge on any atom is -0.388 e. The first-order valence-electron chi connectivity index (χ1n) is 5.61. The predicted molar refractivity (Wildman–Crippen MR) is 71.1 cm³/mol. The Labute approximate surface area is 110 Å². The van der Waals surface area contributed by atoms with Gasteiger partial charge in [0.05, 0.1) is 6.10 Å². The van der Waals surface area contributed by atoms with Crippen molar-refractivity contribution in [3.05, 3.63) is 59.7 Å². The largest absolute Gasteiger partial charge is 0.388 e. The second-order valence-electron chi connectivity index (χ2n) is 3.98. The van der Waals surface area contributed by atoms with Crippen LogP contribution in [0.25, 0.3) is 0 Å². The zero-order valence-electron chi connectivity index (χ0n) is 10.0. The summed E-state index contributed by atoms with van der Waals surface area (Å²) in [5, 5.41) is 10.0. The molecule has 1 unspecified atom stereocenters. The van der Waals surface area contributed by atoms with Gasteiger partial charge in [0.1, 0.15) is 0 Å². The van der Waals surface area contributed by atoms with E-state index in [4.69, 9.17) is 0 Å². The molecule has 0 saturated heterocycles. The molecule has 1 aromatic carbocycles. The van der Waals surface area contributed by atoms with E-state index < -0.39 is 12.1 Å². The Hall–Kier alpha value is -1.39. The molecular weight excluding hydrogens is 249 g/mol. The van der Waals surface area contributed by atoms with Gasteiger partial charge < -0.3 is 5.11 Å². The molecule has 4 heteroatoms. The van der Waals surface area contributed by atoms with Crippen LogP contribution < -0.4 is 0 Å². The van der Waals surface area contributed by atoms with Gasteiger partial charge in [-0.25, -0.2) is 4.98 Å². The molecule has 94 valence electrons. The molecule has 0 aliphatic carbocycles. The first-order chi connectivity index (χ1) is 8.69. The zero-order valence-corrected chi connectivity index (χ0v) is 10.8. The van der Waals surface area contributed by atoms with Crippen LogP contribution in [0.3, 0.4) is 0 Å². The van der Waals surface area contributed by atoms with Crippen molar-refractivity contribution in [2.45, 2.75) is 17.4 Å². The maximum Gasteiger partial charge on any atom is 0.212 e. The van der Waals surface area contributed by atoms with E-state index >= 15 is 0 Å². The van der Waals surface area contributed by atoms with E-state index in [1.54, 1.807) is 17.8 Å². The summed E-state index contributed by atoms with van der Waals surface area (Å²) in [5.41, 5.74) is 1.68. The molecule has 0 fully saturated rings. The summed E-state index contributed by atoms with van der Waals surface area (Å²) < 4.78 is 12.7. The summed E-state index contributed by atoms with van der Waals surface area (Å²) in [6.07, 6.45) is 3.24. The van der Waals surface area contributed by atoms with Gasteiger partial charge in [-0.05, 0) is 35.6 Å². The van der Waals surface area contributed by atoms with E-state index in [9.17, 15) is 9.50 Å². The number of aliphatic hydroxyl groups excluding tert-OH is 1. The quantitative estimate of drug-likeness (QED) is 0.679. The molecule has 2 rings (SSSR count). The van der Waals surface area contributed by atoms with Gasteiger partial charge in [0, 0.05) is 17.5 Å². The Morgan fingerprint density at radius 1 is 1.22 bits per heavy atom. The Bertz CT molecular complexity index is 498. The Balaban J connectivity index is 2.05. The van der Waals surface area contributed by atoms with Crippen LogP contribution in [-0.2, 0) is 6.42 Å². The highest BCUT2D eigenvalue weighted by atomic mass is 32.2. The first kappa shape index (κ1) is 13.1. The molecule has 0 spiro atoms. The van der Waals surface area contributed by atoms with Crippen molar-refractivity contribution in [3.63, 3.8) is 0 Å². The number of nitrogens with zero attached hydrogens (tertiary/aromatic N) is 1. The Kier molecular flexibility index (Phi) is 4.33. The third-order valence-electron chi connectivity index (χ3n) is 2.72. The number of aromatic nitrogens is 1. The molecule has 0 amide bonds. The lowest BCUT2D eigenvalue weighted by molar-refractivity contribution is 0.178. The van der Waals surface area contributed by atoms with Gasteiger partial charge in [-0.2, -0.15) is 4.39 Å². The van der Waals surface area contributed by atoms with Crippen LogP contribution in [-0.4, -0.2) is 16.3 Å². The third kappa shape index (κ3) is 3.31. The van der Waals surface area contributed by atoms with Crippen molar-refractivity contribution in [1.29, 1.82) is 0 Å². The molecule has 0 aliphatic heterocycles. The monoisotopic (exact) mass is 263 g/mol. The number of benzene rings is 1. The van der Waals surface area contributed by atoms with E-state index in [2.05, 4.69) is 4.98 Å². The summed E-state index contributed by atoms with van der Waals surface area (Å²) in [7, 11) is 0. The molecule has 1 N–H and O–H groups in total. The van der Waals surface area contributed by atoms with Gasteiger partial charge >= 0.3 is 0 Å². The second-order valence-corrected chi connectivity index (χ2v) is 4.86. The van der Waals surface area contributed by atoms with E-state index in [1.165, 1.54) is 17.2 Å². The molecule has 2 nitrogen and oxygen atoms in total. The molecule has 0 aliphatic rings. The maximum absolute atomic E-state index is 12.7. The summed E-state index contributed by atoms with van der Waals surface area (Å²) in [6.45, 7) is 0. The summed E-state index contributed by atoms with van der Waals surface area (Å²) >= 11 is 1.68. The minimum atomic E-state index is -0.654. The second kappa shape index (κ2) is 5.98. The van der Waals surface area contributed by atoms with Gasteiger partial charge in [0.2, 0.25) is 5.95 Å². The van der Waals surface area contributed by atoms with Gasteiger partial charge in [0.15, 0.2) is 0 Å². The highest BCUT2D eigenvalue weighted by Gasteiger charge is 2.09. The van der Waals surface area contributed by atoms with Crippen LogP contribution >= 0.6 is 11.8 Å². The van der Waals surface area contributed by atoms with E-state index in [1.807, 2.05) is 30.5 Å². The molecule has 1 heterocycles. The zero-order chi connectivity index (χ0) is 13.0. The number of thioether (sulfide) groups is 1. The molecule has 1 aromatic heterocycles. The molecule has 0 radical (unpaired) electrons. The van der Waals surface area contributed by atoms with Crippen molar-refractivity contribution in [3.8, 4) is 0 Å². The number of hydrogen-bond donors (Lipinski definition) is 1. The highest BCUT2D eigenvalue weighted by Crippen LogP contribution is 2.20. The fourth-order valence-corrected chi connectivity index (χ4v) is 2.10. The van der Waals surface area contributed by atoms with Crippen molar-refractivity contribution in [2.24, 2.45) is 0 Å². The molecule has 2 aromatic rings. The topological polar surface area (TPSA) is 33.1 Å². The predicted octanol–water partition coefficient (Wildman–Crippen LogP) is 3.22. The number of rotatable bonds is 4. The van der Waals surface area contributed by atoms with Crippen LogP contribution in [0.4, 0.5) is 4.39 Å². The lowest BCUT2D eigenvalue weighted by Gasteiger charge is -2.10. The fraction of sp³-hybridized carbons (Fsp3) is 0.214. The van der Waals surface area contributed by atoms with E-state index in [-0.39, 0.29) is 0 Å². The normalized spacial score (nSPS) is 12.4. The van der Waals surface area contributed by atoms with Crippen molar-refractivity contribution in [2.75, 3.05) is 6.26 Å². The lowest BCUT2D eigenvalue weighted by Crippen LogP contribution is -2.02. The van der Waals surface area contributed by atoms with Gasteiger partial charge in [-0.3, -0.25) is 0 Å². The highest BCUT2D eigenvalue weighted by molar-refractivity contribution is 7.98. The van der Waals surface area contributed by atoms with Crippen molar-refractivity contribution in [1.82, 2.24) is 4.98 Å². The Morgan fingerprint density at radius 2 is 1.94 bits per heavy atom. The molecular formula is C14H14FNOS. The maximum atomic E-state index is 12.7. The van der Waals surface area contributed by atoms with Crippen LogP contribution in [0.5, 0.6) is 0 Å². The summed E-state index contributed by atoms with van der Waals surface area (Å²) in [6, 6.07) is 10.8. The van der Waals surface area contributed by atoms with E-state index in [0.29, 0.717) is 12.0 Å². The third-order valence-corrected chi connectivity index (χ3v) is 3.47. The number of aliphatic hydroxyl groups is 1. The van der Waals surface area contributed by atoms with Crippen LogP contribution in [0.2, 0.25) is 0 Å². The lowest BCUT2D eigenvalue weighted by atomic mass is 10.0. The molecule has 0 bridgehead atoms. The summed E-state index contributed by atoms with van der Waals surface area (Å²) in [4.78, 5) is 4.73. The minimum absolute atomic E-state index is 0.502. The summed E-state index contributed by atoms with van der Waals surface area (Å²) in [5.74, 6) is -0.532. The van der Waals surface area contributed by atoms with Crippen LogP contribution in [0, 0.1) is 5.95 Å². The van der Waals surface area contributed by atoms with Crippen molar-refractivity contribution < 1.29 is 9.50 Å². The van der Waals surface area contributed by atoms with E-state index in [0.717, 1.165) is 5.56 Å². The van der Waals surface area contributed by atoms with Gasteiger partial charge in [-0.15, -0.1) is 11.8 Å². The molecule has 18 heavy (non-hydrogen) atoms. The number of pyridine rings is 1. The number of halogens is 1. The van der Waals surface area contributed by atoms with Crippen LogP contribution in [0.15, 0.2) is 47.5 Å². The van der Waals surface area contributed by atoms with Gasteiger partial charge in [-0.1, -0.05) is 18.2 Å². The van der Waals surface area contributed by atoms with Crippen molar-refractivity contribution >= 4 is 11.8 Å². The smallest absolute Gasteiger partial charge is 0.212 e. The average Bonchev–Trinajstić information content (AvgIpc) is 2.40. The molecule has 0 saturated carbocycles. The number of hydrogen-bond acceptors (Lipinski definition) is 3. The Morgan fingerprint density at radius 3 is 2.50 bits per heavy atom. The standard InChI is InChI=1S/C14H14FNOS/c1-18-12-5-2-10(3-6-12)8-13(17)11-4-7-14(15)16-9-11/h2-7,9,13,17H,8H2,1H3.